The van der Waals surface area contributed by atoms with E-state index < -0.39 is 12.5 Å². The van der Waals surface area contributed by atoms with Crippen LogP contribution in [0.4, 0.5) is 0 Å². The van der Waals surface area contributed by atoms with E-state index in [0.29, 0.717) is 27.9 Å². The standard InChI is InChI=1S/C24H24N4O4.2C2H6/c1-13-20(21(25)30)32-22(27-13)17-6-5-7-19(18(17)12-29)28-23(31)16-9-8-15(24(2,3)4)10-14(16)11-26-28;2*1-2/h5-11,29H,12H2,1-4H3,(H2,25,30);2*1-2H3. The average Bonchev–Trinajstić information content (AvgIpc) is 3.27. The summed E-state index contributed by atoms with van der Waals surface area (Å²) in [6.45, 7) is 15.5. The molecule has 0 aliphatic carbocycles. The Labute approximate surface area is 211 Å². The number of aliphatic hydroxyl groups is 1. The van der Waals surface area contributed by atoms with Crippen LogP contribution in [-0.2, 0) is 12.0 Å². The van der Waals surface area contributed by atoms with Crippen molar-refractivity contribution in [3.05, 3.63) is 75.5 Å². The summed E-state index contributed by atoms with van der Waals surface area (Å²) in [5, 5.41) is 15.8. The number of rotatable bonds is 4. The summed E-state index contributed by atoms with van der Waals surface area (Å²) in [5.41, 5.74) is 7.65. The van der Waals surface area contributed by atoms with Gasteiger partial charge >= 0.3 is 0 Å². The third-order valence-corrected chi connectivity index (χ3v) is 5.44. The predicted octanol–water partition coefficient (Wildman–Crippen LogP) is 5.29. The number of primary amides is 1. The number of aromatic nitrogens is 3. The lowest BCUT2D eigenvalue weighted by Gasteiger charge is -2.19. The number of hydrogen-bond donors (Lipinski definition) is 2. The number of nitrogens with two attached hydrogens (primary N) is 1. The first-order chi connectivity index (χ1) is 17.1. The van der Waals surface area contributed by atoms with Gasteiger partial charge in [0, 0.05) is 16.5 Å². The molecule has 0 atom stereocenters. The van der Waals surface area contributed by atoms with Crippen molar-refractivity contribution in [2.24, 2.45) is 5.73 Å². The van der Waals surface area contributed by atoms with Crippen molar-refractivity contribution in [3.8, 4) is 17.1 Å². The number of amides is 1. The number of benzene rings is 2. The Bertz CT molecular complexity index is 1410. The first-order valence-corrected chi connectivity index (χ1v) is 12.1. The van der Waals surface area contributed by atoms with E-state index in [-0.39, 0.29) is 22.6 Å². The van der Waals surface area contributed by atoms with Crippen molar-refractivity contribution in [1.29, 1.82) is 0 Å². The quantitative estimate of drug-likeness (QED) is 0.399. The highest BCUT2D eigenvalue weighted by atomic mass is 16.4. The number of aryl methyl sites for hydroxylation is 1. The van der Waals surface area contributed by atoms with E-state index in [2.05, 4.69) is 30.9 Å². The monoisotopic (exact) mass is 492 g/mol. The van der Waals surface area contributed by atoms with Crippen LogP contribution in [0.5, 0.6) is 0 Å². The fourth-order valence-electron chi connectivity index (χ4n) is 3.67. The number of nitrogens with zero attached hydrogens (tertiary/aromatic N) is 3. The predicted molar refractivity (Wildman–Crippen MR) is 143 cm³/mol. The van der Waals surface area contributed by atoms with Gasteiger partial charge in [0.25, 0.3) is 11.5 Å². The van der Waals surface area contributed by atoms with Crippen molar-refractivity contribution in [3.63, 3.8) is 0 Å². The zero-order chi connectivity index (χ0) is 27.2. The molecule has 0 spiro atoms. The zero-order valence-corrected chi connectivity index (χ0v) is 22.3. The number of fused-ring (bicyclic) bond motifs is 1. The largest absolute Gasteiger partial charge is 0.431 e. The van der Waals surface area contributed by atoms with Gasteiger partial charge in [-0.25, -0.2) is 4.98 Å². The number of oxazole rings is 1. The Kier molecular flexibility index (Phi) is 9.30. The highest BCUT2D eigenvalue weighted by molar-refractivity contribution is 5.91. The molecule has 8 nitrogen and oxygen atoms in total. The van der Waals surface area contributed by atoms with Gasteiger partial charge in [0.2, 0.25) is 11.7 Å². The lowest BCUT2D eigenvalue weighted by Crippen LogP contribution is -2.23. The molecule has 36 heavy (non-hydrogen) atoms. The van der Waals surface area contributed by atoms with Gasteiger partial charge in [-0.1, -0.05) is 60.6 Å². The molecule has 0 saturated heterocycles. The molecule has 3 N–H and O–H groups in total. The highest BCUT2D eigenvalue weighted by Crippen LogP contribution is 2.30. The number of carbonyl (C=O) groups is 1. The molecule has 0 radical (unpaired) electrons. The Morgan fingerprint density at radius 2 is 1.78 bits per heavy atom. The number of aliphatic hydroxyl groups excluding tert-OH is 1. The smallest absolute Gasteiger partial charge is 0.286 e. The third kappa shape index (κ3) is 5.54. The normalized spacial score (nSPS) is 10.8. The molecule has 4 aromatic rings. The summed E-state index contributed by atoms with van der Waals surface area (Å²) in [5.74, 6) is -0.652. The van der Waals surface area contributed by atoms with Crippen LogP contribution in [0.2, 0.25) is 0 Å². The van der Waals surface area contributed by atoms with E-state index in [1.807, 2.05) is 39.8 Å². The van der Waals surface area contributed by atoms with Gasteiger partial charge in [0.05, 0.1) is 29.6 Å². The van der Waals surface area contributed by atoms with Crippen LogP contribution in [0.3, 0.4) is 0 Å². The van der Waals surface area contributed by atoms with Gasteiger partial charge in [-0.05, 0) is 42.2 Å². The average molecular weight is 493 g/mol. The van der Waals surface area contributed by atoms with E-state index in [1.54, 1.807) is 37.4 Å². The Hall–Kier alpha value is -3.78. The maximum absolute atomic E-state index is 13.3. The summed E-state index contributed by atoms with van der Waals surface area (Å²) < 4.78 is 6.79. The van der Waals surface area contributed by atoms with Crippen LogP contribution in [0.25, 0.3) is 27.9 Å². The summed E-state index contributed by atoms with van der Waals surface area (Å²) in [7, 11) is 0. The highest BCUT2D eigenvalue weighted by Gasteiger charge is 2.21. The van der Waals surface area contributed by atoms with Gasteiger partial charge in [-0.3, -0.25) is 9.59 Å². The molecule has 2 heterocycles. The molecule has 1 amide bonds. The van der Waals surface area contributed by atoms with Crippen molar-refractivity contribution < 1.29 is 14.3 Å². The van der Waals surface area contributed by atoms with E-state index in [1.165, 1.54) is 4.68 Å². The first kappa shape index (κ1) is 28.5. The third-order valence-electron chi connectivity index (χ3n) is 5.44. The second kappa shape index (κ2) is 11.8. The van der Waals surface area contributed by atoms with Gasteiger partial charge in [0.15, 0.2) is 0 Å². The maximum Gasteiger partial charge on any atom is 0.286 e. The van der Waals surface area contributed by atoms with Crippen LogP contribution < -0.4 is 11.3 Å². The van der Waals surface area contributed by atoms with E-state index in [4.69, 9.17) is 10.2 Å². The molecule has 0 unspecified atom stereocenters. The van der Waals surface area contributed by atoms with Crippen molar-refractivity contribution in [2.45, 2.75) is 67.4 Å². The molecular weight excluding hydrogens is 456 g/mol. The van der Waals surface area contributed by atoms with Gasteiger partial charge in [-0.2, -0.15) is 9.78 Å². The maximum atomic E-state index is 13.3. The van der Waals surface area contributed by atoms with E-state index in [9.17, 15) is 14.7 Å². The molecule has 0 aliphatic heterocycles. The SMILES string of the molecule is CC.CC.Cc1nc(-c2cccc(-n3ncc4cc(C(C)(C)C)ccc4c3=O)c2CO)oc1C(N)=O. The van der Waals surface area contributed by atoms with Crippen LogP contribution in [0, 0.1) is 6.92 Å². The lowest BCUT2D eigenvalue weighted by molar-refractivity contribution is 0.0974. The summed E-state index contributed by atoms with van der Waals surface area (Å²) in [6.07, 6.45) is 1.64. The Morgan fingerprint density at radius 3 is 2.33 bits per heavy atom. The number of hydrogen-bond acceptors (Lipinski definition) is 6. The van der Waals surface area contributed by atoms with Crippen LogP contribution in [0.1, 0.15) is 75.8 Å². The zero-order valence-electron chi connectivity index (χ0n) is 22.3. The van der Waals surface area contributed by atoms with Crippen LogP contribution >= 0.6 is 0 Å². The Balaban J connectivity index is 0.00000109. The molecule has 2 aromatic heterocycles. The molecular formula is C28H36N4O4. The Morgan fingerprint density at radius 1 is 1.11 bits per heavy atom. The van der Waals surface area contributed by atoms with E-state index >= 15 is 0 Å². The fraction of sp³-hybridized carbons (Fsp3) is 0.357. The molecule has 4 rings (SSSR count). The minimum atomic E-state index is -0.731. The van der Waals surface area contributed by atoms with E-state index in [0.717, 1.165) is 10.9 Å². The molecule has 0 bridgehead atoms. The molecule has 192 valence electrons. The molecule has 0 saturated carbocycles. The fourth-order valence-corrected chi connectivity index (χ4v) is 3.67. The number of carbonyl (C=O) groups excluding carboxylic acids is 1. The first-order valence-electron chi connectivity index (χ1n) is 12.1. The van der Waals surface area contributed by atoms with Gasteiger partial charge in [0.1, 0.15) is 0 Å². The van der Waals surface area contributed by atoms with Crippen molar-refractivity contribution in [1.82, 2.24) is 14.8 Å². The summed E-state index contributed by atoms with van der Waals surface area (Å²) in [4.78, 5) is 29.1. The minimum Gasteiger partial charge on any atom is -0.431 e. The molecule has 0 fully saturated rings. The van der Waals surface area contributed by atoms with Crippen LogP contribution in [0.15, 0.2) is 51.8 Å². The van der Waals surface area contributed by atoms with Crippen LogP contribution in [-0.4, -0.2) is 25.8 Å². The van der Waals surface area contributed by atoms with Crippen molar-refractivity contribution in [2.75, 3.05) is 0 Å². The summed E-state index contributed by atoms with van der Waals surface area (Å²) >= 11 is 0. The second-order valence-corrected chi connectivity index (χ2v) is 8.67. The van der Waals surface area contributed by atoms with Crippen molar-refractivity contribution >= 4 is 16.7 Å². The lowest BCUT2D eigenvalue weighted by atomic mass is 9.86. The molecule has 2 aromatic carbocycles. The topological polar surface area (TPSA) is 124 Å². The minimum absolute atomic E-state index is 0.0510. The summed E-state index contributed by atoms with van der Waals surface area (Å²) in [6, 6.07) is 10.8. The van der Waals surface area contributed by atoms with Gasteiger partial charge < -0.3 is 15.3 Å². The molecule has 8 heteroatoms. The molecule has 0 aliphatic rings. The second-order valence-electron chi connectivity index (χ2n) is 8.67. The van der Waals surface area contributed by atoms with Gasteiger partial charge in [-0.15, -0.1) is 0 Å².